The number of esters is 3. The molecule has 0 N–H and O–H groups in total. The van der Waals surface area contributed by atoms with E-state index >= 15 is 0 Å². The number of allylic oxidation sites excluding steroid dienone is 20. The molecule has 0 aliphatic carbocycles. The fraction of sp³-hybridized carbons (Fsp3) is 0.623. The molecule has 0 saturated carbocycles. The molecule has 6 heteroatoms. The van der Waals surface area contributed by atoms with E-state index in [1.54, 1.807) is 0 Å². The predicted molar refractivity (Wildman–Crippen MR) is 288 cm³/mol. The molecule has 0 aromatic carbocycles. The van der Waals surface area contributed by atoms with Crippen molar-refractivity contribution < 1.29 is 28.6 Å². The monoisotopic (exact) mass is 927 g/mol. The van der Waals surface area contributed by atoms with Crippen molar-refractivity contribution in [2.75, 3.05) is 13.2 Å². The van der Waals surface area contributed by atoms with Crippen LogP contribution >= 0.6 is 0 Å². The van der Waals surface area contributed by atoms with Gasteiger partial charge in [-0.05, 0) is 128 Å². The van der Waals surface area contributed by atoms with Crippen LogP contribution in [0.3, 0.4) is 0 Å². The lowest BCUT2D eigenvalue weighted by molar-refractivity contribution is -0.167. The molecular formula is C61H98O6. The van der Waals surface area contributed by atoms with E-state index in [9.17, 15) is 14.4 Å². The van der Waals surface area contributed by atoms with E-state index < -0.39 is 6.10 Å². The maximum atomic E-state index is 12.8. The van der Waals surface area contributed by atoms with Crippen molar-refractivity contribution in [3.63, 3.8) is 0 Å². The molecule has 0 radical (unpaired) electrons. The maximum Gasteiger partial charge on any atom is 0.306 e. The molecular weight excluding hydrogens is 829 g/mol. The average Bonchev–Trinajstić information content (AvgIpc) is 3.33. The van der Waals surface area contributed by atoms with Crippen LogP contribution in [-0.4, -0.2) is 37.2 Å². The predicted octanol–water partition coefficient (Wildman–Crippen LogP) is 18.1. The van der Waals surface area contributed by atoms with Gasteiger partial charge in [0.15, 0.2) is 6.10 Å². The van der Waals surface area contributed by atoms with Crippen LogP contribution in [0.5, 0.6) is 0 Å². The molecule has 0 bridgehead atoms. The van der Waals surface area contributed by atoms with Gasteiger partial charge >= 0.3 is 17.9 Å². The molecule has 0 aliphatic heterocycles. The van der Waals surface area contributed by atoms with Crippen LogP contribution in [0.25, 0.3) is 0 Å². The van der Waals surface area contributed by atoms with Crippen molar-refractivity contribution >= 4 is 17.9 Å². The van der Waals surface area contributed by atoms with Gasteiger partial charge < -0.3 is 14.2 Å². The van der Waals surface area contributed by atoms with Crippen molar-refractivity contribution in [2.24, 2.45) is 0 Å². The number of ether oxygens (including phenoxy) is 3. The first-order chi connectivity index (χ1) is 33.0. The molecule has 378 valence electrons. The largest absolute Gasteiger partial charge is 0.462 e. The van der Waals surface area contributed by atoms with E-state index in [-0.39, 0.29) is 31.1 Å². The first-order valence-corrected chi connectivity index (χ1v) is 27.0. The van der Waals surface area contributed by atoms with Gasteiger partial charge in [0.1, 0.15) is 13.2 Å². The van der Waals surface area contributed by atoms with Gasteiger partial charge in [-0.1, -0.05) is 200 Å². The van der Waals surface area contributed by atoms with Gasteiger partial charge in [-0.2, -0.15) is 0 Å². The van der Waals surface area contributed by atoms with Crippen LogP contribution in [0, 0.1) is 0 Å². The Morgan fingerprint density at radius 3 is 1.00 bits per heavy atom. The van der Waals surface area contributed by atoms with Crippen molar-refractivity contribution in [3.8, 4) is 0 Å². The fourth-order valence-corrected chi connectivity index (χ4v) is 6.86. The highest BCUT2D eigenvalue weighted by molar-refractivity contribution is 5.71. The Morgan fingerprint density at radius 1 is 0.313 bits per heavy atom. The summed E-state index contributed by atoms with van der Waals surface area (Å²) in [5, 5.41) is 0. The van der Waals surface area contributed by atoms with E-state index in [0.717, 1.165) is 148 Å². The van der Waals surface area contributed by atoms with E-state index in [1.165, 1.54) is 32.1 Å². The lowest BCUT2D eigenvalue weighted by atomic mass is 10.1. The molecule has 6 nitrogen and oxygen atoms in total. The van der Waals surface area contributed by atoms with Crippen molar-refractivity contribution in [3.05, 3.63) is 122 Å². The van der Waals surface area contributed by atoms with Crippen molar-refractivity contribution in [1.82, 2.24) is 0 Å². The molecule has 1 unspecified atom stereocenters. The minimum absolute atomic E-state index is 0.108. The van der Waals surface area contributed by atoms with Crippen LogP contribution in [0.1, 0.15) is 226 Å². The Bertz CT molecular complexity index is 1440. The molecule has 0 amide bonds. The fourth-order valence-electron chi connectivity index (χ4n) is 6.86. The number of hydrogen-bond acceptors (Lipinski definition) is 6. The van der Waals surface area contributed by atoms with Gasteiger partial charge in [-0.3, -0.25) is 14.4 Å². The summed E-state index contributed by atoms with van der Waals surface area (Å²) < 4.78 is 16.8. The smallest absolute Gasteiger partial charge is 0.306 e. The lowest BCUT2D eigenvalue weighted by Crippen LogP contribution is -2.30. The molecule has 67 heavy (non-hydrogen) atoms. The van der Waals surface area contributed by atoms with Gasteiger partial charge in [-0.25, -0.2) is 0 Å². The third kappa shape index (κ3) is 52.6. The number of hydrogen-bond donors (Lipinski definition) is 0. The van der Waals surface area contributed by atoms with Gasteiger partial charge in [0.05, 0.1) is 0 Å². The standard InChI is InChI=1S/C61H98O6/c1-4-7-10-13-16-19-22-25-27-28-29-30-31-32-34-36-39-42-45-48-51-54-60(63)66-57-58(56-65-59(62)53-50-47-44-41-38-35-24-21-18-15-12-9-6-3)67-61(64)55-52-49-46-43-40-37-33-26-23-20-17-14-11-8-5-2/h7,10,12,15-17,19-21,24-27,29-30,32-34,39,42,58H,4-6,8-9,11,13-14,18,22-23,28,31,35-38,40-41,43-57H2,1-3H3/b10-7-,15-12-,19-16-,20-17-,24-21-,27-25-,30-29-,33-26-,34-32-,42-39-. The molecule has 1 atom stereocenters. The zero-order valence-corrected chi connectivity index (χ0v) is 43.1. The summed E-state index contributed by atoms with van der Waals surface area (Å²) in [6, 6.07) is 0. The minimum atomic E-state index is -0.813. The summed E-state index contributed by atoms with van der Waals surface area (Å²) in [6.45, 7) is 6.36. The van der Waals surface area contributed by atoms with Gasteiger partial charge in [0.25, 0.3) is 0 Å². The Labute approximate surface area is 412 Å². The SMILES string of the molecule is CC/C=C\C/C=C\C/C=C\C/C=C\C/C=C\C/C=C\CCCCC(=O)OCC(COC(=O)CCCCCCC/C=C\C/C=C\CCC)OC(=O)CCCCCCC/C=C\C/C=C\CCCCC. The van der Waals surface area contributed by atoms with Crippen molar-refractivity contribution in [2.45, 2.75) is 232 Å². The summed E-state index contributed by atoms with van der Waals surface area (Å²) in [6.07, 6.45) is 74.7. The molecule has 0 heterocycles. The van der Waals surface area contributed by atoms with Crippen LogP contribution in [0.2, 0.25) is 0 Å². The highest BCUT2D eigenvalue weighted by Crippen LogP contribution is 2.13. The Hall–Kier alpha value is -4.19. The third-order valence-corrected chi connectivity index (χ3v) is 10.9. The summed E-state index contributed by atoms with van der Waals surface area (Å²) >= 11 is 0. The first kappa shape index (κ1) is 62.8. The van der Waals surface area contributed by atoms with Crippen LogP contribution in [0.4, 0.5) is 0 Å². The highest BCUT2D eigenvalue weighted by atomic mass is 16.6. The zero-order chi connectivity index (χ0) is 48.6. The number of carbonyl (C=O) groups excluding carboxylic acids is 3. The van der Waals surface area contributed by atoms with E-state index in [0.29, 0.717) is 25.7 Å². The lowest BCUT2D eigenvalue weighted by Gasteiger charge is -2.18. The first-order valence-electron chi connectivity index (χ1n) is 27.0. The molecule has 0 aromatic heterocycles. The summed E-state index contributed by atoms with van der Waals surface area (Å²) in [7, 11) is 0. The quantitative estimate of drug-likeness (QED) is 0.0262. The Kier molecular flexibility index (Phi) is 51.0. The molecule has 0 rings (SSSR count). The third-order valence-electron chi connectivity index (χ3n) is 10.9. The van der Waals surface area contributed by atoms with E-state index in [4.69, 9.17) is 14.2 Å². The van der Waals surface area contributed by atoms with Crippen LogP contribution in [0.15, 0.2) is 122 Å². The topological polar surface area (TPSA) is 78.9 Å². The minimum Gasteiger partial charge on any atom is -0.462 e. The summed E-state index contributed by atoms with van der Waals surface area (Å²) in [5.41, 5.74) is 0. The van der Waals surface area contributed by atoms with Gasteiger partial charge in [0, 0.05) is 19.3 Å². The Balaban J connectivity index is 4.51. The second-order valence-electron chi connectivity index (χ2n) is 17.4. The van der Waals surface area contributed by atoms with Gasteiger partial charge in [-0.15, -0.1) is 0 Å². The summed E-state index contributed by atoms with van der Waals surface area (Å²) in [4.78, 5) is 38.0. The number of carbonyl (C=O) groups is 3. The average molecular weight is 927 g/mol. The number of rotatable bonds is 47. The second kappa shape index (κ2) is 54.4. The second-order valence-corrected chi connectivity index (χ2v) is 17.4. The maximum absolute atomic E-state index is 12.8. The molecule has 0 aliphatic rings. The zero-order valence-electron chi connectivity index (χ0n) is 43.1. The highest BCUT2D eigenvalue weighted by Gasteiger charge is 2.19. The Morgan fingerprint density at radius 2 is 0.612 bits per heavy atom. The summed E-state index contributed by atoms with van der Waals surface area (Å²) in [5.74, 6) is -0.986. The van der Waals surface area contributed by atoms with Crippen molar-refractivity contribution in [1.29, 1.82) is 0 Å². The van der Waals surface area contributed by atoms with Gasteiger partial charge in [0.2, 0.25) is 0 Å². The van der Waals surface area contributed by atoms with Crippen LogP contribution in [-0.2, 0) is 28.6 Å². The van der Waals surface area contributed by atoms with Crippen LogP contribution < -0.4 is 0 Å². The number of unbranched alkanes of at least 4 members (excludes halogenated alkanes) is 16. The molecule has 0 saturated heterocycles. The molecule has 0 aromatic rings. The van der Waals surface area contributed by atoms with E-state index in [1.807, 2.05) is 0 Å². The normalized spacial score (nSPS) is 13.1. The van der Waals surface area contributed by atoms with E-state index in [2.05, 4.69) is 142 Å². The molecule has 0 fully saturated rings. The molecule has 0 spiro atoms.